The van der Waals surface area contributed by atoms with Crippen molar-refractivity contribution in [1.82, 2.24) is 10.2 Å². The second-order valence-electron chi connectivity index (χ2n) is 6.08. The van der Waals surface area contributed by atoms with Crippen molar-refractivity contribution in [2.75, 3.05) is 32.8 Å². The first-order chi connectivity index (χ1) is 10.7. The van der Waals surface area contributed by atoms with Gasteiger partial charge in [-0.3, -0.25) is 4.79 Å². The van der Waals surface area contributed by atoms with Gasteiger partial charge in [-0.2, -0.15) is 0 Å². The summed E-state index contributed by atoms with van der Waals surface area (Å²) in [5.41, 5.74) is 2.36. The molecule has 2 heterocycles. The molecule has 2 aliphatic heterocycles. The molecule has 1 amide bonds. The predicted octanol–water partition coefficient (Wildman–Crippen LogP) is 1.27. The number of nitrogens with zero attached hydrogens (tertiary/aromatic N) is 1. The summed E-state index contributed by atoms with van der Waals surface area (Å²) in [7, 11) is 0. The molecule has 0 aromatic heterocycles. The van der Waals surface area contributed by atoms with Crippen LogP contribution in [0.4, 0.5) is 0 Å². The zero-order valence-corrected chi connectivity index (χ0v) is 13.2. The molecular formula is C17H24N2O3. The number of morpholine rings is 2. The van der Waals surface area contributed by atoms with Crippen LogP contribution in [0.15, 0.2) is 24.3 Å². The fraction of sp³-hybridized carbons (Fsp3) is 0.588. The maximum absolute atomic E-state index is 12.7. The average Bonchev–Trinajstić information content (AvgIpc) is 2.56. The van der Waals surface area contributed by atoms with Crippen LogP contribution in [-0.4, -0.2) is 55.8 Å². The fourth-order valence-electron chi connectivity index (χ4n) is 3.11. The largest absolute Gasteiger partial charge is 0.370 e. The maximum Gasteiger partial charge on any atom is 0.253 e. The molecule has 1 N–H and O–H groups in total. The van der Waals surface area contributed by atoms with E-state index in [2.05, 4.69) is 24.4 Å². The number of hydrogen-bond acceptors (Lipinski definition) is 4. The molecule has 2 aliphatic rings. The number of amides is 1. The molecular weight excluding hydrogens is 280 g/mol. The van der Waals surface area contributed by atoms with Crippen LogP contribution in [0.1, 0.15) is 24.2 Å². The van der Waals surface area contributed by atoms with Gasteiger partial charge in [0.25, 0.3) is 5.91 Å². The minimum atomic E-state index is -0.369. The molecule has 0 spiro atoms. The van der Waals surface area contributed by atoms with Crippen molar-refractivity contribution in [3.63, 3.8) is 0 Å². The van der Waals surface area contributed by atoms with Gasteiger partial charge in [0.2, 0.25) is 0 Å². The van der Waals surface area contributed by atoms with Gasteiger partial charge < -0.3 is 19.7 Å². The van der Waals surface area contributed by atoms with Crippen molar-refractivity contribution in [1.29, 1.82) is 0 Å². The Morgan fingerprint density at radius 1 is 1.32 bits per heavy atom. The lowest BCUT2D eigenvalue weighted by molar-refractivity contribution is -0.158. The Bertz CT molecular complexity index is 528. The molecule has 3 atom stereocenters. The van der Waals surface area contributed by atoms with Gasteiger partial charge in [-0.25, -0.2) is 0 Å². The Morgan fingerprint density at radius 2 is 2.14 bits per heavy atom. The molecule has 0 bridgehead atoms. The van der Waals surface area contributed by atoms with Crippen molar-refractivity contribution in [2.45, 2.75) is 32.1 Å². The Kier molecular flexibility index (Phi) is 4.76. The number of aryl methyl sites for hydroxylation is 1. The van der Waals surface area contributed by atoms with Gasteiger partial charge in [-0.15, -0.1) is 0 Å². The lowest BCUT2D eigenvalue weighted by Crippen LogP contribution is -2.55. The lowest BCUT2D eigenvalue weighted by atomic mass is 10.0. The Balaban J connectivity index is 1.73. The van der Waals surface area contributed by atoms with E-state index >= 15 is 0 Å². The van der Waals surface area contributed by atoms with Crippen molar-refractivity contribution in [3.8, 4) is 0 Å². The SMILES string of the molecule is Cc1ccccc1[C@@H]1CN(C(=O)[C@H]2CNCCO2)[C@@H](C)CO1. The van der Waals surface area contributed by atoms with Crippen LogP contribution in [0.5, 0.6) is 0 Å². The van der Waals surface area contributed by atoms with Crippen LogP contribution in [0.25, 0.3) is 0 Å². The van der Waals surface area contributed by atoms with E-state index in [-0.39, 0.29) is 24.2 Å². The standard InChI is InChI=1S/C17H24N2O3/c1-12-5-3-4-6-14(12)16-10-19(13(2)11-22-16)17(20)15-9-18-7-8-21-15/h3-6,13,15-16,18H,7-11H2,1-2H3/t13-,15+,16-/m0/s1. The smallest absolute Gasteiger partial charge is 0.253 e. The summed E-state index contributed by atoms with van der Waals surface area (Å²) < 4.78 is 11.6. The van der Waals surface area contributed by atoms with Crippen LogP contribution in [0.3, 0.4) is 0 Å². The molecule has 2 saturated heterocycles. The van der Waals surface area contributed by atoms with Crippen LogP contribution < -0.4 is 5.32 Å². The highest BCUT2D eigenvalue weighted by molar-refractivity contribution is 5.81. The third-order valence-electron chi connectivity index (χ3n) is 4.45. The maximum atomic E-state index is 12.7. The Labute approximate surface area is 131 Å². The molecule has 0 unspecified atom stereocenters. The second-order valence-corrected chi connectivity index (χ2v) is 6.08. The van der Waals surface area contributed by atoms with Gasteiger partial charge in [-0.1, -0.05) is 24.3 Å². The summed E-state index contributed by atoms with van der Waals surface area (Å²) in [5.74, 6) is 0.0709. The summed E-state index contributed by atoms with van der Waals surface area (Å²) >= 11 is 0. The van der Waals surface area contributed by atoms with Gasteiger partial charge in [0.1, 0.15) is 12.2 Å². The minimum absolute atomic E-state index is 0.0575. The molecule has 0 aliphatic carbocycles. The first-order valence-electron chi connectivity index (χ1n) is 7.96. The lowest BCUT2D eigenvalue weighted by Gasteiger charge is -2.40. The van der Waals surface area contributed by atoms with Gasteiger partial charge in [0.05, 0.1) is 25.8 Å². The van der Waals surface area contributed by atoms with Gasteiger partial charge in [0, 0.05) is 13.1 Å². The van der Waals surface area contributed by atoms with Crippen LogP contribution >= 0.6 is 0 Å². The topological polar surface area (TPSA) is 50.8 Å². The first-order valence-corrected chi connectivity index (χ1v) is 7.96. The molecule has 5 nitrogen and oxygen atoms in total. The molecule has 22 heavy (non-hydrogen) atoms. The zero-order chi connectivity index (χ0) is 15.5. The number of ether oxygens (including phenoxy) is 2. The van der Waals surface area contributed by atoms with Crippen molar-refractivity contribution in [3.05, 3.63) is 35.4 Å². The van der Waals surface area contributed by atoms with Gasteiger partial charge in [0.15, 0.2) is 0 Å². The van der Waals surface area contributed by atoms with Crippen molar-refractivity contribution >= 4 is 5.91 Å². The highest BCUT2D eigenvalue weighted by Gasteiger charge is 2.35. The van der Waals surface area contributed by atoms with Crippen molar-refractivity contribution < 1.29 is 14.3 Å². The summed E-state index contributed by atoms with van der Waals surface area (Å²) in [6, 6.07) is 8.28. The molecule has 1 aromatic rings. The van der Waals surface area contributed by atoms with E-state index in [1.54, 1.807) is 0 Å². The number of carbonyl (C=O) groups excluding carboxylic acids is 1. The van der Waals surface area contributed by atoms with E-state index in [0.29, 0.717) is 26.3 Å². The number of hydrogen-bond donors (Lipinski definition) is 1. The fourth-order valence-corrected chi connectivity index (χ4v) is 3.11. The Morgan fingerprint density at radius 3 is 2.86 bits per heavy atom. The summed E-state index contributed by atoms with van der Waals surface area (Å²) in [6.07, 6.45) is -0.426. The van der Waals surface area contributed by atoms with Crippen LogP contribution in [0, 0.1) is 6.92 Å². The highest BCUT2D eigenvalue weighted by atomic mass is 16.5. The number of benzene rings is 1. The monoisotopic (exact) mass is 304 g/mol. The van der Waals surface area contributed by atoms with E-state index in [1.165, 1.54) is 5.56 Å². The third kappa shape index (κ3) is 3.16. The summed E-state index contributed by atoms with van der Waals surface area (Å²) in [6.45, 7) is 7.26. The van der Waals surface area contributed by atoms with E-state index in [4.69, 9.17) is 9.47 Å². The van der Waals surface area contributed by atoms with Gasteiger partial charge in [-0.05, 0) is 25.0 Å². The van der Waals surface area contributed by atoms with E-state index in [1.807, 2.05) is 24.0 Å². The summed E-state index contributed by atoms with van der Waals surface area (Å²) in [5, 5.41) is 3.22. The van der Waals surface area contributed by atoms with E-state index in [9.17, 15) is 4.79 Å². The van der Waals surface area contributed by atoms with E-state index < -0.39 is 0 Å². The van der Waals surface area contributed by atoms with Crippen molar-refractivity contribution in [2.24, 2.45) is 0 Å². The quantitative estimate of drug-likeness (QED) is 0.894. The molecule has 120 valence electrons. The normalized spacial score (nSPS) is 29.4. The van der Waals surface area contributed by atoms with Gasteiger partial charge >= 0.3 is 0 Å². The van der Waals surface area contributed by atoms with Crippen LogP contribution in [0.2, 0.25) is 0 Å². The Hall–Kier alpha value is -1.43. The number of carbonyl (C=O) groups is 1. The molecule has 2 fully saturated rings. The highest BCUT2D eigenvalue weighted by Crippen LogP contribution is 2.27. The molecule has 3 rings (SSSR count). The van der Waals surface area contributed by atoms with Crippen LogP contribution in [-0.2, 0) is 14.3 Å². The van der Waals surface area contributed by atoms with E-state index in [0.717, 1.165) is 12.1 Å². The molecule has 5 heteroatoms. The summed E-state index contributed by atoms with van der Waals surface area (Å²) in [4.78, 5) is 14.6. The number of nitrogens with one attached hydrogen (secondary N) is 1. The number of rotatable bonds is 2. The average molecular weight is 304 g/mol. The predicted molar refractivity (Wildman–Crippen MR) is 83.7 cm³/mol. The first kappa shape index (κ1) is 15.5. The zero-order valence-electron chi connectivity index (χ0n) is 13.2. The molecule has 0 saturated carbocycles. The minimum Gasteiger partial charge on any atom is -0.370 e. The second kappa shape index (κ2) is 6.77. The third-order valence-corrected chi connectivity index (χ3v) is 4.45. The molecule has 1 aromatic carbocycles. The molecule has 0 radical (unpaired) electrons.